The summed E-state index contributed by atoms with van der Waals surface area (Å²) in [4.78, 5) is 21.8. The van der Waals surface area contributed by atoms with Crippen LogP contribution in [-0.2, 0) is 14.3 Å². The summed E-state index contributed by atoms with van der Waals surface area (Å²) in [6, 6.07) is 0. The molecule has 0 aromatic heterocycles. The fourth-order valence-corrected chi connectivity index (χ4v) is 0.886. The van der Waals surface area contributed by atoms with Crippen LogP contribution in [0, 0.1) is 5.92 Å². The van der Waals surface area contributed by atoms with Crippen molar-refractivity contribution in [2.45, 2.75) is 13.3 Å². The average molecular weight is 170 g/mol. The van der Waals surface area contributed by atoms with E-state index in [9.17, 15) is 9.59 Å². The molecule has 0 bridgehead atoms. The summed E-state index contributed by atoms with van der Waals surface area (Å²) in [7, 11) is 0. The van der Waals surface area contributed by atoms with Crippen molar-refractivity contribution in [2.75, 3.05) is 6.61 Å². The van der Waals surface area contributed by atoms with Crippen LogP contribution >= 0.6 is 0 Å². The van der Waals surface area contributed by atoms with E-state index in [1.54, 1.807) is 6.92 Å². The Labute approximate surface area is 69.8 Å². The zero-order chi connectivity index (χ0) is 8.97. The summed E-state index contributed by atoms with van der Waals surface area (Å²) in [5.41, 5.74) is 2.24. The van der Waals surface area contributed by atoms with Gasteiger partial charge in [-0.05, 0) is 6.92 Å². The highest BCUT2D eigenvalue weighted by molar-refractivity contribution is 5.99. The summed E-state index contributed by atoms with van der Waals surface area (Å²) in [6.07, 6.45) is 1.49. The van der Waals surface area contributed by atoms with E-state index in [-0.39, 0.29) is 18.3 Å². The van der Waals surface area contributed by atoms with E-state index in [1.165, 1.54) is 6.21 Å². The van der Waals surface area contributed by atoms with Crippen LogP contribution in [0.25, 0.3) is 0 Å². The minimum atomic E-state index is -0.455. The van der Waals surface area contributed by atoms with E-state index < -0.39 is 5.92 Å². The number of ether oxygens (including phenoxy) is 1. The Morgan fingerprint density at radius 1 is 1.83 bits per heavy atom. The van der Waals surface area contributed by atoms with Crippen LogP contribution in [0.3, 0.4) is 0 Å². The van der Waals surface area contributed by atoms with Crippen LogP contribution in [0.5, 0.6) is 0 Å². The molecule has 1 N–H and O–H groups in total. The number of nitrogens with one attached hydrogen (secondary N) is 1. The van der Waals surface area contributed by atoms with Crippen LogP contribution in [0.4, 0.5) is 0 Å². The zero-order valence-corrected chi connectivity index (χ0v) is 6.74. The minimum Gasteiger partial charge on any atom is -0.466 e. The van der Waals surface area contributed by atoms with Gasteiger partial charge in [-0.25, -0.2) is 5.43 Å². The van der Waals surface area contributed by atoms with Crippen molar-refractivity contribution in [1.29, 1.82) is 0 Å². The number of esters is 1. The first kappa shape index (κ1) is 8.70. The van der Waals surface area contributed by atoms with Crippen molar-refractivity contribution in [3.8, 4) is 0 Å². The molecule has 0 aromatic rings. The highest BCUT2D eigenvalue weighted by Crippen LogP contribution is 2.05. The number of amides is 1. The Balaban J connectivity index is 2.35. The molecule has 0 radical (unpaired) electrons. The van der Waals surface area contributed by atoms with E-state index in [4.69, 9.17) is 0 Å². The lowest BCUT2D eigenvalue weighted by Gasteiger charge is -2.03. The molecule has 12 heavy (non-hydrogen) atoms. The summed E-state index contributed by atoms with van der Waals surface area (Å²) >= 11 is 0. The van der Waals surface area contributed by atoms with Crippen molar-refractivity contribution < 1.29 is 14.3 Å². The van der Waals surface area contributed by atoms with E-state index in [2.05, 4.69) is 15.3 Å². The maximum absolute atomic E-state index is 10.9. The van der Waals surface area contributed by atoms with Crippen molar-refractivity contribution in [3.05, 3.63) is 0 Å². The molecular weight excluding hydrogens is 160 g/mol. The molecule has 66 valence electrons. The first-order valence-corrected chi connectivity index (χ1v) is 3.72. The summed E-state index contributed by atoms with van der Waals surface area (Å²) in [5, 5.41) is 3.53. The molecule has 0 aliphatic carbocycles. The molecule has 1 aliphatic heterocycles. The molecule has 1 amide bonds. The predicted molar refractivity (Wildman–Crippen MR) is 41.4 cm³/mol. The molecule has 1 aliphatic rings. The van der Waals surface area contributed by atoms with Gasteiger partial charge in [-0.3, -0.25) is 9.59 Å². The van der Waals surface area contributed by atoms with Crippen molar-refractivity contribution in [2.24, 2.45) is 11.0 Å². The van der Waals surface area contributed by atoms with E-state index in [0.29, 0.717) is 6.61 Å². The van der Waals surface area contributed by atoms with Gasteiger partial charge in [-0.15, -0.1) is 0 Å². The summed E-state index contributed by atoms with van der Waals surface area (Å²) < 4.78 is 4.67. The monoisotopic (exact) mass is 170 g/mol. The van der Waals surface area contributed by atoms with Crippen LogP contribution in [0.15, 0.2) is 5.10 Å². The fourth-order valence-electron chi connectivity index (χ4n) is 0.886. The number of hydrogen-bond acceptors (Lipinski definition) is 4. The van der Waals surface area contributed by atoms with Gasteiger partial charge in [-0.2, -0.15) is 5.10 Å². The third kappa shape index (κ3) is 2.05. The number of carbonyl (C=O) groups excluding carboxylic acids is 2. The molecule has 0 fully saturated rings. The predicted octanol–water partition coefficient (Wildman–Crippen LogP) is -0.329. The smallest absolute Gasteiger partial charge is 0.306 e. The molecule has 1 heterocycles. The number of hydrogen-bond donors (Lipinski definition) is 1. The second kappa shape index (κ2) is 3.85. The van der Waals surface area contributed by atoms with Gasteiger partial charge >= 0.3 is 5.97 Å². The first-order valence-electron chi connectivity index (χ1n) is 3.72. The SMILES string of the molecule is CCOC(=O)CC1C=NNC1=O. The molecule has 1 rings (SSSR count). The fraction of sp³-hybridized carbons (Fsp3) is 0.571. The highest BCUT2D eigenvalue weighted by atomic mass is 16.5. The van der Waals surface area contributed by atoms with Crippen molar-refractivity contribution in [3.63, 3.8) is 0 Å². The van der Waals surface area contributed by atoms with E-state index >= 15 is 0 Å². The van der Waals surface area contributed by atoms with Crippen LogP contribution < -0.4 is 5.43 Å². The third-order valence-electron chi connectivity index (χ3n) is 1.46. The number of rotatable bonds is 3. The Morgan fingerprint density at radius 3 is 3.08 bits per heavy atom. The number of hydrazone groups is 1. The lowest BCUT2D eigenvalue weighted by atomic mass is 10.1. The highest BCUT2D eigenvalue weighted by Gasteiger charge is 2.24. The molecule has 1 atom stereocenters. The van der Waals surface area contributed by atoms with E-state index in [1.807, 2.05) is 0 Å². The van der Waals surface area contributed by atoms with Gasteiger partial charge in [-0.1, -0.05) is 0 Å². The van der Waals surface area contributed by atoms with Gasteiger partial charge in [0.1, 0.15) is 0 Å². The Morgan fingerprint density at radius 2 is 2.58 bits per heavy atom. The standard InChI is InChI=1S/C7H10N2O3/c1-2-12-6(10)3-5-4-8-9-7(5)11/h4-5H,2-3H2,1H3,(H,9,11). The molecule has 1 unspecified atom stereocenters. The zero-order valence-electron chi connectivity index (χ0n) is 6.74. The Hall–Kier alpha value is -1.39. The topological polar surface area (TPSA) is 67.8 Å². The summed E-state index contributed by atoms with van der Waals surface area (Å²) in [6.45, 7) is 2.06. The molecule has 5 heteroatoms. The van der Waals surface area contributed by atoms with Crippen LogP contribution in [0.1, 0.15) is 13.3 Å². The van der Waals surface area contributed by atoms with Gasteiger partial charge < -0.3 is 4.74 Å². The lowest BCUT2D eigenvalue weighted by molar-refractivity contribution is -0.145. The maximum Gasteiger partial charge on any atom is 0.306 e. The van der Waals surface area contributed by atoms with Gasteiger partial charge in [0.05, 0.1) is 18.9 Å². The Kier molecular flexibility index (Phi) is 2.79. The van der Waals surface area contributed by atoms with Gasteiger partial charge in [0, 0.05) is 6.21 Å². The minimum absolute atomic E-state index is 0.0726. The average Bonchev–Trinajstić information content (AvgIpc) is 2.37. The van der Waals surface area contributed by atoms with Gasteiger partial charge in [0.15, 0.2) is 0 Å². The molecule has 0 aromatic carbocycles. The molecular formula is C7H10N2O3. The normalized spacial score (nSPS) is 20.8. The maximum atomic E-state index is 10.9. The number of carbonyl (C=O) groups is 2. The third-order valence-corrected chi connectivity index (χ3v) is 1.46. The second-order valence-electron chi connectivity index (χ2n) is 2.37. The van der Waals surface area contributed by atoms with Gasteiger partial charge in [0.2, 0.25) is 5.91 Å². The largest absolute Gasteiger partial charge is 0.466 e. The van der Waals surface area contributed by atoms with Crippen molar-refractivity contribution >= 4 is 18.1 Å². The Bertz CT molecular complexity index is 225. The lowest BCUT2D eigenvalue weighted by Crippen LogP contribution is -2.23. The number of nitrogens with zero attached hydrogens (tertiary/aromatic N) is 1. The molecule has 0 spiro atoms. The molecule has 0 saturated heterocycles. The van der Waals surface area contributed by atoms with Gasteiger partial charge in [0.25, 0.3) is 0 Å². The molecule has 0 saturated carbocycles. The van der Waals surface area contributed by atoms with Crippen LogP contribution in [-0.4, -0.2) is 24.7 Å². The summed E-state index contributed by atoms with van der Waals surface area (Å²) in [5.74, 6) is -1.07. The quantitative estimate of drug-likeness (QED) is 0.590. The first-order chi connectivity index (χ1) is 5.74. The van der Waals surface area contributed by atoms with Crippen LogP contribution in [0.2, 0.25) is 0 Å². The van der Waals surface area contributed by atoms with Crippen molar-refractivity contribution in [1.82, 2.24) is 5.43 Å². The molecule has 5 nitrogen and oxygen atoms in total. The second-order valence-corrected chi connectivity index (χ2v) is 2.37. The van der Waals surface area contributed by atoms with E-state index in [0.717, 1.165) is 0 Å².